The highest BCUT2D eigenvalue weighted by molar-refractivity contribution is 9.10. The van der Waals surface area contributed by atoms with E-state index in [9.17, 15) is 0 Å². The quantitative estimate of drug-likeness (QED) is 0.449. The van der Waals surface area contributed by atoms with E-state index in [1.54, 1.807) is 0 Å². The second-order valence-electron chi connectivity index (χ2n) is 5.51. The first kappa shape index (κ1) is 16.1. The first-order valence-electron chi connectivity index (χ1n) is 7.68. The van der Waals surface area contributed by atoms with E-state index in [1.165, 1.54) is 0 Å². The molecule has 25 heavy (non-hydrogen) atoms. The number of ether oxygens (including phenoxy) is 1. The van der Waals surface area contributed by atoms with Crippen molar-refractivity contribution in [2.75, 3.05) is 0 Å². The van der Waals surface area contributed by atoms with Crippen molar-refractivity contribution >= 4 is 33.2 Å². The Bertz CT molecular complexity index is 1030. The van der Waals surface area contributed by atoms with Crippen LogP contribution in [0, 0.1) is 0 Å². The number of nitrogens with zero attached hydrogens (tertiary/aromatic N) is 3. The van der Waals surface area contributed by atoms with E-state index in [2.05, 4.69) is 26.1 Å². The van der Waals surface area contributed by atoms with Gasteiger partial charge in [0.25, 0.3) is 0 Å². The molecule has 0 atom stereocenters. The molecule has 6 heteroatoms. The number of fused-ring (bicyclic) bond motifs is 1. The van der Waals surface area contributed by atoms with Crippen molar-refractivity contribution < 1.29 is 4.74 Å². The molecule has 4 rings (SSSR count). The van der Waals surface area contributed by atoms with Gasteiger partial charge in [-0.05, 0) is 51.8 Å². The summed E-state index contributed by atoms with van der Waals surface area (Å²) in [4.78, 5) is 0. The molecule has 0 bridgehead atoms. The van der Waals surface area contributed by atoms with E-state index < -0.39 is 0 Å². The van der Waals surface area contributed by atoms with Crippen LogP contribution in [0.5, 0.6) is 5.75 Å². The third-order valence-electron chi connectivity index (χ3n) is 3.79. The molecule has 0 aliphatic heterocycles. The molecule has 0 fully saturated rings. The van der Waals surface area contributed by atoms with Gasteiger partial charge in [-0.1, -0.05) is 41.9 Å². The number of pyridine rings is 1. The molecule has 4 nitrogen and oxygen atoms in total. The second kappa shape index (κ2) is 6.86. The SMILES string of the molecule is Clc1ccc(OCc2ccccc2)c(-c2nnc3ccc(Br)cn23)c1. The number of benzene rings is 2. The molecule has 2 aromatic carbocycles. The van der Waals surface area contributed by atoms with Crippen molar-refractivity contribution in [1.82, 2.24) is 14.6 Å². The molecule has 0 radical (unpaired) electrons. The van der Waals surface area contributed by atoms with Crippen LogP contribution in [0.15, 0.2) is 71.3 Å². The highest BCUT2D eigenvalue weighted by Crippen LogP contribution is 2.32. The van der Waals surface area contributed by atoms with Crippen molar-refractivity contribution in [1.29, 1.82) is 0 Å². The maximum absolute atomic E-state index is 6.21. The number of rotatable bonds is 4. The van der Waals surface area contributed by atoms with Gasteiger partial charge in [0.15, 0.2) is 11.5 Å². The van der Waals surface area contributed by atoms with Gasteiger partial charge in [-0.15, -0.1) is 10.2 Å². The van der Waals surface area contributed by atoms with Crippen LogP contribution >= 0.6 is 27.5 Å². The van der Waals surface area contributed by atoms with Gasteiger partial charge in [-0.3, -0.25) is 4.40 Å². The van der Waals surface area contributed by atoms with Crippen LogP contribution in [-0.4, -0.2) is 14.6 Å². The van der Waals surface area contributed by atoms with Gasteiger partial charge in [0, 0.05) is 15.7 Å². The normalized spacial score (nSPS) is 11.0. The number of hydrogen-bond donors (Lipinski definition) is 0. The number of hydrogen-bond acceptors (Lipinski definition) is 3. The van der Waals surface area contributed by atoms with E-state index in [-0.39, 0.29) is 0 Å². The maximum atomic E-state index is 6.21. The summed E-state index contributed by atoms with van der Waals surface area (Å²) in [6.45, 7) is 0.468. The Labute approximate surface area is 158 Å². The largest absolute Gasteiger partial charge is 0.488 e. The van der Waals surface area contributed by atoms with Crippen molar-refractivity contribution in [2.24, 2.45) is 0 Å². The topological polar surface area (TPSA) is 39.4 Å². The minimum absolute atomic E-state index is 0.468. The lowest BCUT2D eigenvalue weighted by Gasteiger charge is -2.11. The minimum Gasteiger partial charge on any atom is -0.488 e. The first-order valence-corrected chi connectivity index (χ1v) is 8.85. The average molecular weight is 415 g/mol. The fraction of sp³-hybridized carbons (Fsp3) is 0.0526. The molecule has 0 unspecified atom stereocenters. The molecule has 0 aliphatic rings. The summed E-state index contributed by atoms with van der Waals surface area (Å²) in [7, 11) is 0. The van der Waals surface area contributed by atoms with E-state index in [1.807, 2.05) is 71.3 Å². The van der Waals surface area contributed by atoms with Crippen LogP contribution in [0.3, 0.4) is 0 Å². The Morgan fingerprint density at radius 3 is 2.68 bits per heavy atom. The predicted octanol–water partition coefficient (Wildman–Crippen LogP) is 5.39. The highest BCUT2D eigenvalue weighted by Gasteiger charge is 2.14. The lowest BCUT2D eigenvalue weighted by Crippen LogP contribution is -1.98. The van der Waals surface area contributed by atoms with Gasteiger partial charge in [-0.2, -0.15) is 0 Å². The van der Waals surface area contributed by atoms with Gasteiger partial charge in [0.2, 0.25) is 0 Å². The van der Waals surface area contributed by atoms with Gasteiger partial charge >= 0.3 is 0 Å². The third-order valence-corrected chi connectivity index (χ3v) is 4.49. The Morgan fingerprint density at radius 1 is 1.00 bits per heavy atom. The first-order chi connectivity index (χ1) is 12.2. The summed E-state index contributed by atoms with van der Waals surface area (Å²) in [6, 6.07) is 19.4. The molecule has 0 saturated heterocycles. The maximum Gasteiger partial charge on any atom is 0.172 e. The lowest BCUT2D eigenvalue weighted by molar-refractivity contribution is 0.307. The van der Waals surface area contributed by atoms with Crippen LogP contribution in [-0.2, 0) is 6.61 Å². The Balaban J connectivity index is 1.75. The summed E-state index contributed by atoms with van der Waals surface area (Å²) in [5.74, 6) is 1.39. The monoisotopic (exact) mass is 413 g/mol. The Morgan fingerprint density at radius 2 is 1.84 bits per heavy atom. The van der Waals surface area contributed by atoms with Gasteiger partial charge < -0.3 is 4.74 Å². The summed E-state index contributed by atoms with van der Waals surface area (Å²) in [5, 5.41) is 9.15. The minimum atomic E-state index is 0.468. The van der Waals surface area contributed by atoms with E-state index >= 15 is 0 Å². The van der Waals surface area contributed by atoms with E-state index in [4.69, 9.17) is 16.3 Å². The lowest BCUT2D eigenvalue weighted by atomic mass is 10.2. The number of halogens is 2. The van der Waals surface area contributed by atoms with Crippen molar-refractivity contribution in [2.45, 2.75) is 6.61 Å². The van der Waals surface area contributed by atoms with Crippen molar-refractivity contribution in [3.05, 3.63) is 81.9 Å². The smallest absolute Gasteiger partial charge is 0.172 e. The number of aromatic nitrogens is 3. The van der Waals surface area contributed by atoms with E-state index in [0.29, 0.717) is 23.2 Å². The van der Waals surface area contributed by atoms with Crippen LogP contribution in [0.2, 0.25) is 5.02 Å². The summed E-state index contributed by atoms with van der Waals surface area (Å²) in [5.41, 5.74) is 2.65. The zero-order valence-electron chi connectivity index (χ0n) is 13.1. The Kier molecular flexibility index (Phi) is 4.42. The average Bonchev–Trinajstić information content (AvgIpc) is 3.04. The van der Waals surface area contributed by atoms with Crippen molar-refractivity contribution in [3.8, 4) is 17.1 Å². The highest BCUT2D eigenvalue weighted by atomic mass is 79.9. The molecule has 2 heterocycles. The molecule has 0 N–H and O–H groups in total. The molecular weight excluding hydrogens is 402 g/mol. The predicted molar refractivity (Wildman–Crippen MR) is 102 cm³/mol. The van der Waals surface area contributed by atoms with Gasteiger partial charge in [0.1, 0.15) is 12.4 Å². The molecule has 0 aliphatic carbocycles. The zero-order valence-corrected chi connectivity index (χ0v) is 15.4. The molecule has 0 amide bonds. The standard InChI is InChI=1S/C19H13BrClN3O/c20-14-6-9-18-22-23-19(24(18)11-14)16-10-15(21)7-8-17(16)25-12-13-4-2-1-3-5-13/h1-11H,12H2. The van der Waals surface area contributed by atoms with Crippen LogP contribution in [0.1, 0.15) is 5.56 Å². The third kappa shape index (κ3) is 3.38. The van der Waals surface area contributed by atoms with Crippen molar-refractivity contribution in [3.63, 3.8) is 0 Å². The van der Waals surface area contributed by atoms with Crippen LogP contribution in [0.25, 0.3) is 17.0 Å². The molecular formula is C19H13BrClN3O. The Hall–Kier alpha value is -2.37. The summed E-state index contributed by atoms with van der Waals surface area (Å²) >= 11 is 9.70. The van der Waals surface area contributed by atoms with Crippen LogP contribution < -0.4 is 4.74 Å². The molecule has 124 valence electrons. The molecule has 0 spiro atoms. The summed E-state index contributed by atoms with van der Waals surface area (Å²) < 4.78 is 8.88. The van der Waals surface area contributed by atoms with Gasteiger partial charge in [0.05, 0.1) is 5.56 Å². The molecule has 0 saturated carbocycles. The molecule has 4 aromatic rings. The van der Waals surface area contributed by atoms with E-state index in [0.717, 1.165) is 21.2 Å². The van der Waals surface area contributed by atoms with Crippen LogP contribution in [0.4, 0.5) is 0 Å². The summed E-state index contributed by atoms with van der Waals surface area (Å²) in [6.07, 6.45) is 1.92. The fourth-order valence-electron chi connectivity index (χ4n) is 2.59. The second-order valence-corrected chi connectivity index (χ2v) is 6.87. The zero-order chi connectivity index (χ0) is 17.2. The van der Waals surface area contributed by atoms with Gasteiger partial charge in [-0.25, -0.2) is 0 Å². The fourth-order valence-corrected chi connectivity index (χ4v) is 3.10. The molecule has 2 aromatic heterocycles.